The van der Waals surface area contributed by atoms with Crippen LogP contribution in [0.5, 0.6) is 0 Å². The summed E-state index contributed by atoms with van der Waals surface area (Å²) in [5, 5.41) is 13.4. The van der Waals surface area contributed by atoms with Crippen molar-refractivity contribution in [3.05, 3.63) is 41.6 Å². The third-order valence-electron chi connectivity index (χ3n) is 5.86. The standard InChI is InChI=1S/C22H25N7O/c1-3-18-21(30)28(2)19-14-24-22(26-20(19)29(18)17-10-6-7-11-17)27-25-13-16-9-5-4-8-15(16)12-23/h4-5,8-9,13-14,17-18H,3,6-7,10-11H2,1-2H3,(H,24,26,27). The molecule has 2 aliphatic rings. The zero-order chi connectivity index (χ0) is 21.1. The van der Waals surface area contributed by atoms with Crippen LogP contribution in [0, 0.1) is 11.3 Å². The molecule has 1 atom stereocenters. The van der Waals surface area contributed by atoms with E-state index in [1.165, 1.54) is 12.8 Å². The van der Waals surface area contributed by atoms with Crippen LogP contribution in [0.15, 0.2) is 35.6 Å². The highest BCUT2D eigenvalue weighted by Gasteiger charge is 2.41. The van der Waals surface area contributed by atoms with Crippen molar-refractivity contribution in [1.29, 1.82) is 5.26 Å². The van der Waals surface area contributed by atoms with E-state index >= 15 is 0 Å². The molecule has 8 nitrogen and oxygen atoms in total. The van der Waals surface area contributed by atoms with Gasteiger partial charge in [-0.3, -0.25) is 4.79 Å². The lowest BCUT2D eigenvalue weighted by molar-refractivity contribution is -0.120. The van der Waals surface area contributed by atoms with E-state index in [1.54, 1.807) is 30.4 Å². The second-order valence-electron chi connectivity index (χ2n) is 7.64. The van der Waals surface area contributed by atoms with Crippen molar-refractivity contribution >= 4 is 29.6 Å². The molecule has 1 amide bonds. The number of nitriles is 1. The molecule has 1 aliphatic heterocycles. The zero-order valence-corrected chi connectivity index (χ0v) is 17.2. The number of amides is 1. The number of hydrogen-bond acceptors (Lipinski definition) is 7. The summed E-state index contributed by atoms with van der Waals surface area (Å²) < 4.78 is 0. The fourth-order valence-electron chi connectivity index (χ4n) is 4.31. The van der Waals surface area contributed by atoms with Crippen molar-refractivity contribution in [2.75, 3.05) is 22.3 Å². The highest BCUT2D eigenvalue weighted by Crippen LogP contribution is 2.39. The number of rotatable bonds is 5. The van der Waals surface area contributed by atoms with E-state index in [1.807, 2.05) is 25.1 Å². The van der Waals surface area contributed by atoms with Crippen LogP contribution in [-0.2, 0) is 4.79 Å². The molecule has 4 rings (SSSR count). The largest absolute Gasteiger partial charge is 0.340 e. The lowest BCUT2D eigenvalue weighted by atomic mass is 10.0. The number of benzene rings is 1. The van der Waals surface area contributed by atoms with Crippen LogP contribution in [0.4, 0.5) is 17.5 Å². The smallest absolute Gasteiger partial charge is 0.249 e. The Morgan fingerprint density at radius 2 is 2.10 bits per heavy atom. The first-order valence-electron chi connectivity index (χ1n) is 10.3. The third kappa shape index (κ3) is 3.59. The first-order chi connectivity index (χ1) is 14.6. The number of carbonyl (C=O) groups excluding carboxylic acids is 1. The van der Waals surface area contributed by atoms with Gasteiger partial charge in [-0.05, 0) is 25.3 Å². The number of hydrazone groups is 1. The average Bonchev–Trinajstić information content (AvgIpc) is 3.30. The van der Waals surface area contributed by atoms with Crippen LogP contribution in [0.2, 0.25) is 0 Å². The maximum Gasteiger partial charge on any atom is 0.249 e. The van der Waals surface area contributed by atoms with Crippen LogP contribution in [-0.4, -0.2) is 41.2 Å². The van der Waals surface area contributed by atoms with Crippen LogP contribution >= 0.6 is 0 Å². The lowest BCUT2D eigenvalue weighted by Gasteiger charge is -2.43. The predicted octanol–water partition coefficient (Wildman–Crippen LogP) is 3.30. The molecule has 2 heterocycles. The molecule has 2 aromatic rings. The molecule has 0 bridgehead atoms. The van der Waals surface area contributed by atoms with E-state index in [4.69, 9.17) is 4.98 Å². The molecule has 1 saturated carbocycles. The molecule has 1 N–H and O–H groups in total. The second-order valence-corrected chi connectivity index (χ2v) is 7.64. The van der Waals surface area contributed by atoms with Gasteiger partial charge in [0.15, 0.2) is 5.82 Å². The van der Waals surface area contributed by atoms with Gasteiger partial charge < -0.3 is 9.80 Å². The normalized spacial score (nSPS) is 19.2. The number of fused-ring (bicyclic) bond motifs is 1. The number of nitrogens with zero attached hydrogens (tertiary/aromatic N) is 6. The van der Waals surface area contributed by atoms with Gasteiger partial charge >= 0.3 is 0 Å². The Labute approximate surface area is 176 Å². The quantitative estimate of drug-likeness (QED) is 0.608. The van der Waals surface area contributed by atoms with E-state index in [9.17, 15) is 10.1 Å². The van der Waals surface area contributed by atoms with Crippen LogP contribution in [0.3, 0.4) is 0 Å². The van der Waals surface area contributed by atoms with Crippen LogP contribution < -0.4 is 15.2 Å². The van der Waals surface area contributed by atoms with Crippen LogP contribution in [0.1, 0.15) is 50.2 Å². The van der Waals surface area contributed by atoms with Gasteiger partial charge in [0, 0.05) is 18.7 Å². The minimum atomic E-state index is -0.209. The van der Waals surface area contributed by atoms with Crippen molar-refractivity contribution in [2.24, 2.45) is 5.10 Å². The number of aromatic nitrogens is 2. The van der Waals surface area contributed by atoms with Gasteiger partial charge in [0.05, 0.1) is 24.0 Å². The lowest BCUT2D eigenvalue weighted by Crippen LogP contribution is -2.55. The van der Waals surface area contributed by atoms with E-state index in [2.05, 4.69) is 26.5 Å². The monoisotopic (exact) mass is 403 g/mol. The number of anilines is 3. The number of carbonyl (C=O) groups is 1. The summed E-state index contributed by atoms with van der Waals surface area (Å²) in [4.78, 5) is 25.9. The van der Waals surface area contributed by atoms with E-state index in [0.29, 0.717) is 17.6 Å². The molecule has 30 heavy (non-hydrogen) atoms. The Morgan fingerprint density at radius 3 is 2.83 bits per heavy atom. The summed E-state index contributed by atoms with van der Waals surface area (Å²) in [6.07, 6.45) is 8.49. The maximum absolute atomic E-state index is 12.9. The molecule has 0 saturated heterocycles. The topological polar surface area (TPSA) is 97.5 Å². The Kier molecular flexibility index (Phi) is 5.61. The SMILES string of the molecule is CCC1C(=O)N(C)c2cnc(NN=Cc3ccccc3C#N)nc2N1C1CCCC1. The highest BCUT2D eigenvalue weighted by atomic mass is 16.2. The van der Waals surface area contributed by atoms with E-state index in [-0.39, 0.29) is 11.9 Å². The minimum absolute atomic E-state index is 0.0901. The summed E-state index contributed by atoms with van der Waals surface area (Å²) in [6.45, 7) is 2.04. The van der Waals surface area contributed by atoms with Gasteiger partial charge in [-0.25, -0.2) is 10.4 Å². The fraction of sp³-hybridized carbons (Fsp3) is 0.409. The van der Waals surface area contributed by atoms with Crippen molar-refractivity contribution < 1.29 is 4.79 Å². The summed E-state index contributed by atoms with van der Waals surface area (Å²) >= 11 is 0. The molecule has 1 fully saturated rings. The molecule has 1 unspecified atom stereocenters. The van der Waals surface area contributed by atoms with E-state index in [0.717, 1.165) is 36.3 Å². The Balaban J connectivity index is 1.64. The second kappa shape index (κ2) is 8.49. The number of hydrogen-bond donors (Lipinski definition) is 1. The molecule has 1 aromatic heterocycles. The Morgan fingerprint density at radius 1 is 1.33 bits per heavy atom. The third-order valence-corrected chi connectivity index (χ3v) is 5.86. The minimum Gasteiger partial charge on any atom is -0.340 e. The van der Waals surface area contributed by atoms with Gasteiger partial charge in [-0.15, -0.1) is 0 Å². The highest BCUT2D eigenvalue weighted by molar-refractivity contribution is 6.04. The van der Waals surface area contributed by atoms with Crippen molar-refractivity contribution in [2.45, 2.75) is 51.1 Å². The van der Waals surface area contributed by atoms with Crippen molar-refractivity contribution in [1.82, 2.24) is 9.97 Å². The van der Waals surface area contributed by atoms with Gasteiger partial charge in [-0.2, -0.15) is 15.3 Å². The van der Waals surface area contributed by atoms with Crippen molar-refractivity contribution in [3.8, 4) is 6.07 Å². The molecule has 0 spiro atoms. The molecule has 154 valence electrons. The first kappa shape index (κ1) is 19.8. The average molecular weight is 403 g/mol. The van der Waals surface area contributed by atoms with Gasteiger partial charge in [0.25, 0.3) is 0 Å². The summed E-state index contributed by atoms with van der Waals surface area (Å²) in [5.74, 6) is 1.23. The van der Waals surface area contributed by atoms with E-state index < -0.39 is 0 Å². The Bertz CT molecular complexity index is 1010. The van der Waals surface area contributed by atoms with Gasteiger partial charge in [-0.1, -0.05) is 38.0 Å². The van der Waals surface area contributed by atoms with Gasteiger partial charge in [0.2, 0.25) is 11.9 Å². The summed E-state index contributed by atoms with van der Waals surface area (Å²) in [6, 6.07) is 9.50. The summed E-state index contributed by atoms with van der Waals surface area (Å²) in [5.41, 5.74) is 4.86. The van der Waals surface area contributed by atoms with Crippen molar-refractivity contribution in [3.63, 3.8) is 0 Å². The first-order valence-corrected chi connectivity index (χ1v) is 10.3. The predicted molar refractivity (Wildman–Crippen MR) is 117 cm³/mol. The molecule has 1 aliphatic carbocycles. The molecular weight excluding hydrogens is 378 g/mol. The summed E-state index contributed by atoms with van der Waals surface area (Å²) in [7, 11) is 1.78. The van der Waals surface area contributed by atoms with Gasteiger partial charge in [0.1, 0.15) is 11.7 Å². The molecule has 0 radical (unpaired) electrons. The van der Waals surface area contributed by atoms with Crippen LogP contribution in [0.25, 0.3) is 0 Å². The molecule has 1 aromatic carbocycles. The Hall–Kier alpha value is -3.47. The number of likely N-dealkylation sites (N-methyl/N-ethyl adjacent to an activating group) is 1. The maximum atomic E-state index is 12.9. The fourth-order valence-corrected chi connectivity index (χ4v) is 4.31. The number of nitrogens with one attached hydrogen (secondary N) is 1. The zero-order valence-electron chi connectivity index (χ0n) is 17.2. The molecular formula is C22H25N7O. The molecule has 8 heteroatoms.